The summed E-state index contributed by atoms with van der Waals surface area (Å²) in [5.74, 6) is -3.40. The van der Waals surface area contributed by atoms with Gasteiger partial charge in [-0.1, -0.05) is 19.2 Å². The summed E-state index contributed by atoms with van der Waals surface area (Å²) in [6, 6.07) is 7.29. The Morgan fingerprint density at radius 3 is 2.32 bits per heavy atom. The average molecular weight is 432 g/mol. The predicted octanol–water partition coefficient (Wildman–Crippen LogP) is 4.32. The number of benzene rings is 2. The third-order valence-corrected chi connectivity index (χ3v) is 3.97. The van der Waals surface area contributed by atoms with E-state index in [0.29, 0.717) is 5.57 Å². The van der Waals surface area contributed by atoms with E-state index in [9.17, 15) is 23.5 Å². The molecule has 1 atom stereocenters. The van der Waals surface area contributed by atoms with Crippen molar-refractivity contribution in [2.24, 2.45) is 0 Å². The first kappa shape index (κ1) is 23.9. The fourth-order valence-electron chi connectivity index (χ4n) is 2.31. The third kappa shape index (κ3) is 6.84. The van der Waals surface area contributed by atoms with Gasteiger partial charge in [-0.25, -0.2) is 13.6 Å². The minimum absolute atomic E-state index is 0.0424. The van der Waals surface area contributed by atoms with E-state index < -0.39 is 29.9 Å². The Labute approximate surface area is 178 Å². The van der Waals surface area contributed by atoms with E-state index in [4.69, 9.17) is 14.2 Å². The van der Waals surface area contributed by atoms with Crippen LogP contribution < -0.4 is 9.47 Å². The van der Waals surface area contributed by atoms with Gasteiger partial charge in [0.15, 0.2) is 17.9 Å². The van der Waals surface area contributed by atoms with E-state index in [1.165, 1.54) is 31.2 Å². The van der Waals surface area contributed by atoms with E-state index in [0.717, 1.165) is 12.1 Å². The molecular weight excluding hydrogens is 410 g/mol. The first-order chi connectivity index (χ1) is 14.6. The molecule has 31 heavy (non-hydrogen) atoms. The molecule has 1 N–H and O–H groups in total. The van der Waals surface area contributed by atoms with Crippen LogP contribution in [0, 0.1) is 11.6 Å². The number of aliphatic hydroxyl groups excluding tert-OH is 1. The summed E-state index contributed by atoms with van der Waals surface area (Å²) >= 11 is 0. The Morgan fingerprint density at radius 2 is 1.74 bits per heavy atom. The molecule has 0 amide bonds. The van der Waals surface area contributed by atoms with E-state index in [1.807, 2.05) is 0 Å². The highest BCUT2D eigenvalue weighted by atomic mass is 19.1. The highest BCUT2D eigenvalue weighted by Gasteiger charge is 2.15. The van der Waals surface area contributed by atoms with Crippen molar-refractivity contribution in [3.05, 3.63) is 72.3 Å². The van der Waals surface area contributed by atoms with Gasteiger partial charge in [0.05, 0.1) is 13.0 Å². The van der Waals surface area contributed by atoms with Gasteiger partial charge in [-0.3, -0.25) is 4.79 Å². The molecule has 2 aromatic carbocycles. The topological polar surface area (TPSA) is 82.1 Å². The van der Waals surface area contributed by atoms with Crippen molar-refractivity contribution >= 4 is 11.9 Å². The lowest BCUT2D eigenvalue weighted by molar-refractivity contribution is -0.138. The molecule has 0 spiro atoms. The fourth-order valence-corrected chi connectivity index (χ4v) is 2.31. The van der Waals surface area contributed by atoms with Crippen LogP contribution in [0.3, 0.4) is 0 Å². The molecule has 6 nitrogen and oxygen atoms in total. The molecule has 0 aliphatic carbocycles. The van der Waals surface area contributed by atoms with Gasteiger partial charge in [-0.15, -0.1) is 0 Å². The molecule has 8 heteroatoms. The maximum absolute atomic E-state index is 14.5. The van der Waals surface area contributed by atoms with E-state index in [2.05, 4.69) is 13.2 Å². The number of ether oxygens (including phenoxy) is 3. The van der Waals surface area contributed by atoms with Crippen molar-refractivity contribution in [2.75, 3.05) is 6.61 Å². The van der Waals surface area contributed by atoms with Crippen molar-refractivity contribution < 1.29 is 37.7 Å². The standard InChI is InChI=1S/C23H22F2O6/c1-13(2)22(27)29-10-9-21(26)30-16-6-7-17(18(24)12-16)15-5-8-20(19(25)11-15)31-23(28)14(3)4/h5-8,11-12,22,27H,1,3,9-10H2,2,4H3. The van der Waals surface area contributed by atoms with Crippen LogP contribution in [0.25, 0.3) is 11.1 Å². The largest absolute Gasteiger partial charge is 0.426 e. The highest BCUT2D eigenvalue weighted by Crippen LogP contribution is 2.30. The third-order valence-electron chi connectivity index (χ3n) is 3.97. The predicted molar refractivity (Wildman–Crippen MR) is 109 cm³/mol. The van der Waals surface area contributed by atoms with E-state index in [1.54, 1.807) is 6.92 Å². The maximum atomic E-state index is 14.5. The zero-order valence-electron chi connectivity index (χ0n) is 17.1. The molecule has 0 fully saturated rings. The lowest BCUT2D eigenvalue weighted by atomic mass is 10.0. The summed E-state index contributed by atoms with van der Waals surface area (Å²) in [6.45, 7) is 9.82. The Bertz CT molecular complexity index is 1020. The number of hydrogen-bond donors (Lipinski definition) is 1. The van der Waals surface area contributed by atoms with Crippen LogP contribution in [0.1, 0.15) is 20.3 Å². The molecule has 164 valence electrons. The first-order valence-corrected chi connectivity index (χ1v) is 9.21. The Kier molecular flexibility index (Phi) is 8.18. The van der Waals surface area contributed by atoms with Crippen molar-refractivity contribution in [3.63, 3.8) is 0 Å². The fraction of sp³-hybridized carbons (Fsp3) is 0.217. The molecule has 2 aromatic rings. The number of halogens is 2. The molecule has 0 bridgehead atoms. The monoisotopic (exact) mass is 432 g/mol. The number of aliphatic hydroxyl groups is 1. The lowest BCUT2D eigenvalue weighted by Gasteiger charge is -2.11. The molecule has 0 aliphatic rings. The van der Waals surface area contributed by atoms with Gasteiger partial charge < -0.3 is 19.3 Å². The molecule has 2 rings (SSSR count). The summed E-state index contributed by atoms with van der Waals surface area (Å²) in [5.41, 5.74) is 0.761. The van der Waals surface area contributed by atoms with Crippen molar-refractivity contribution in [2.45, 2.75) is 26.6 Å². The van der Waals surface area contributed by atoms with Gasteiger partial charge in [0.25, 0.3) is 0 Å². The van der Waals surface area contributed by atoms with Crippen LogP contribution in [0.2, 0.25) is 0 Å². The quantitative estimate of drug-likeness (QED) is 0.209. The van der Waals surface area contributed by atoms with Crippen LogP contribution in [0.5, 0.6) is 11.5 Å². The van der Waals surface area contributed by atoms with Crippen molar-refractivity contribution in [1.29, 1.82) is 0 Å². The summed E-state index contributed by atoms with van der Waals surface area (Å²) in [7, 11) is 0. The Hall–Kier alpha value is -3.36. The molecule has 0 aromatic heterocycles. The van der Waals surface area contributed by atoms with Crippen LogP contribution in [-0.4, -0.2) is 29.9 Å². The molecule has 0 radical (unpaired) electrons. The van der Waals surface area contributed by atoms with Crippen LogP contribution in [-0.2, 0) is 14.3 Å². The molecule has 0 saturated carbocycles. The van der Waals surface area contributed by atoms with Gasteiger partial charge in [0, 0.05) is 17.2 Å². The van der Waals surface area contributed by atoms with Crippen LogP contribution in [0.15, 0.2) is 60.7 Å². The van der Waals surface area contributed by atoms with Crippen LogP contribution in [0.4, 0.5) is 8.78 Å². The first-order valence-electron chi connectivity index (χ1n) is 9.21. The number of rotatable bonds is 9. The summed E-state index contributed by atoms with van der Waals surface area (Å²) < 4.78 is 43.6. The number of hydrogen-bond acceptors (Lipinski definition) is 6. The summed E-state index contributed by atoms with van der Waals surface area (Å²) in [6.07, 6.45) is -1.34. The number of esters is 2. The Morgan fingerprint density at radius 1 is 1.03 bits per heavy atom. The molecular formula is C23H22F2O6. The van der Waals surface area contributed by atoms with Gasteiger partial charge in [0.2, 0.25) is 0 Å². The Balaban J connectivity index is 2.04. The SMILES string of the molecule is C=C(C)C(=O)Oc1ccc(-c2ccc(OC(=O)CCOC(O)C(=C)C)cc2F)cc1F. The van der Waals surface area contributed by atoms with Gasteiger partial charge in [0.1, 0.15) is 11.6 Å². The zero-order valence-corrected chi connectivity index (χ0v) is 17.1. The maximum Gasteiger partial charge on any atom is 0.338 e. The molecule has 0 aliphatic heterocycles. The van der Waals surface area contributed by atoms with Crippen LogP contribution >= 0.6 is 0 Å². The summed E-state index contributed by atoms with van der Waals surface area (Å²) in [4.78, 5) is 23.3. The van der Waals surface area contributed by atoms with Crippen molar-refractivity contribution in [1.82, 2.24) is 0 Å². The number of carbonyl (C=O) groups excluding carboxylic acids is 2. The minimum atomic E-state index is -1.18. The minimum Gasteiger partial charge on any atom is -0.426 e. The second-order valence-corrected chi connectivity index (χ2v) is 6.75. The second-order valence-electron chi connectivity index (χ2n) is 6.75. The van der Waals surface area contributed by atoms with Gasteiger partial charge in [-0.2, -0.15) is 0 Å². The second kappa shape index (κ2) is 10.6. The molecule has 1 unspecified atom stereocenters. The van der Waals surface area contributed by atoms with E-state index >= 15 is 0 Å². The van der Waals surface area contributed by atoms with Crippen molar-refractivity contribution in [3.8, 4) is 22.6 Å². The smallest absolute Gasteiger partial charge is 0.338 e. The number of carbonyl (C=O) groups is 2. The van der Waals surface area contributed by atoms with Gasteiger partial charge >= 0.3 is 11.9 Å². The van der Waals surface area contributed by atoms with Gasteiger partial charge in [-0.05, 0) is 49.2 Å². The normalized spacial score (nSPS) is 11.5. The zero-order chi connectivity index (χ0) is 23.1. The lowest BCUT2D eigenvalue weighted by Crippen LogP contribution is -2.17. The summed E-state index contributed by atoms with van der Waals surface area (Å²) in [5, 5.41) is 9.43. The highest BCUT2D eigenvalue weighted by molar-refractivity contribution is 5.88. The molecule has 0 saturated heterocycles. The van der Waals surface area contributed by atoms with E-state index in [-0.39, 0.29) is 41.2 Å². The average Bonchev–Trinajstić information content (AvgIpc) is 2.69. The molecule has 0 heterocycles.